The molecular formula is C14H19BrF3N. The van der Waals surface area contributed by atoms with Crippen molar-refractivity contribution >= 4 is 15.9 Å². The molecule has 1 aromatic carbocycles. The first-order chi connectivity index (χ1) is 8.79. The highest BCUT2D eigenvalue weighted by Crippen LogP contribution is 2.37. The molecule has 5 heteroatoms. The van der Waals surface area contributed by atoms with E-state index in [4.69, 9.17) is 0 Å². The molecule has 1 nitrogen and oxygen atoms in total. The van der Waals surface area contributed by atoms with Crippen molar-refractivity contribution in [1.82, 2.24) is 5.32 Å². The van der Waals surface area contributed by atoms with Crippen LogP contribution in [0.2, 0.25) is 0 Å². The van der Waals surface area contributed by atoms with Crippen LogP contribution >= 0.6 is 15.9 Å². The normalized spacial score (nSPS) is 15.3. The molecule has 0 aromatic heterocycles. The fourth-order valence-corrected chi connectivity index (χ4v) is 2.41. The predicted octanol–water partition coefficient (Wildman–Crippen LogP) is 5.16. The fourth-order valence-electron chi connectivity index (χ4n) is 2.05. The number of benzene rings is 1. The van der Waals surface area contributed by atoms with E-state index >= 15 is 0 Å². The number of halogens is 4. The predicted molar refractivity (Wildman–Crippen MR) is 75.0 cm³/mol. The minimum atomic E-state index is -4.33. The summed E-state index contributed by atoms with van der Waals surface area (Å²) in [6.45, 7) is 4.10. The summed E-state index contributed by atoms with van der Waals surface area (Å²) in [5, 5.41) is 3.00. The molecule has 0 amide bonds. The van der Waals surface area contributed by atoms with Gasteiger partial charge in [0.15, 0.2) is 0 Å². The Kier molecular flexibility index (Phi) is 5.86. The van der Waals surface area contributed by atoms with Crippen LogP contribution in [0.3, 0.4) is 0 Å². The Morgan fingerprint density at radius 2 is 1.95 bits per heavy atom. The topological polar surface area (TPSA) is 12.0 Å². The molecule has 2 unspecified atom stereocenters. The van der Waals surface area contributed by atoms with Crippen molar-refractivity contribution in [2.75, 3.05) is 7.05 Å². The Hall–Kier alpha value is -0.550. The third-order valence-electron chi connectivity index (χ3n) is 3.38. The zero-order valence-corrected chi connectivity index (χ0v) is 12.9. The van der Waals surface area contributed by atoms with Crippen molar-refractivity contribution in [3.63, 3.8) is 0 Å². The second-order valence-corrected chi connectivity index (χ2v) is 5.74. The lowest BCUT2D eigenvalue weighted by Crippen LogP contribution is -2.22. The summed E-state index contributed by atoms with van der Waals surface area (Å²) in [6.07, 6.45) is -2.68. The van der Waals surface area contributed by atoms with Crippen molar-refractivity contribution in [3.05, 3.63) is 33.8 Å². The standard InChI is InChI=1S/C14H19BrF3N/c1-4-9(2)7-13(19-3)11-6-5-10(15)8-12(11)14(16,17)18/h5-6,8-9,13,19H,4,7H2,1-3H3. The molecule has 1 N–H and O–H groups in total. The Morgan fingerprint density at radius 1 is 1.32 bits per heavy atom. The highest BCUT2D eigenvalue weighted by Gasteiger charge is 2.35. The van der Waals surface area contributed by atoms with E-state index in [1.165, 1.54) is 0 Å². The molecule has 0 aliphatic rings. The smallest absolute Gasteiger partial charge is 0.313 e. The minimum Gasteiger partial charge on any atom is -0.313 e. The second kappa shape index (κ2) is 6.75. The van der Waals surface area contributed by atoms with Crippen LogP contribution in [0.1, 0.15) is 43.9 Å². The van der Waals surface area contributed by atoms with Gasteiger partial charge >= 0.3 is 6.18 Å². The van der Waals surface area contributed by atoms with E-state index in [2.05, 4.69) is 28.2 Å². The van der Waals surface area contributed by atoms with Crippen molar-refractivity contribution in [1.29, 1.82) is 0 Å². The summed E-state index contributed by atoms with van der Waals surface area (Å²) < 4.78 is 39.7. The molecule has 0 radical (unpaired) electrons. The molecule has 0 aliphatic carbocycles. The van der Waals surface area contributed by atoms with Gasteiger partial charge in [0.1, 0.15) is 0 Å². The first-order valence-electron chi connectivity index (χ1n) is 6.33. The zero-order valence-electron chi connectivity index (χ0n) is 11.3. The van der Waals surface area contributed by atoms with Gasteiger partial charge in [-0.15, -0.1) is 0 Å². The highest BCUT2D eigenvalue weighted by molar-refractivity contribution is 9.10. The summed E-state index contributed by atoms with van der Waals surface area (Å²) in [7, 11) is 1.70. The van der Waals surface area contributed by atoms with Gasteiger partial charge < -0.3 is 5.32 Å². The zero-order chi connectivity index (χ0) is 14.6. The third-order valence-corrected chi connectivity index (χ3v) is 3.87. The van der Waals surface area contributed by atoms with Crippen molar-refractivity contribution in [3.8, 4) is 0 Å². The molecule has 0 saturated heterocycles. The molecule has 0 bridgehead atoms. The maximum absolute atomic E-state index is 13.1. The minimum absolute atomic E-state index is 0.278. The van der Waals surface area contributed by atoms with Gasteiger partial charge in [0.05, 0.1) is 5.56 Å². The molecule has 0 aliphatic heterocycles. The van der Waals surface area contributed by atoms with Gasteiger partial charge in [-0.2, -0.15) is 13.2 Å². The van der Waals surface area contributed by atoms with Crippen LogP contribution in [0.4, 0.5) is 13.2 Å². The number of rotatable bonds is 5. The lowest BCUT2D eigenvalue weighted by molar-refractivity contribution is -0.138. The SMILES string of the molecule is CCC(C)CC(NC)c1ccc(Br)cc1C(F)(F)F. The van der Waals surface area contributed by atoms with Crippen LogP contribution in [0.15, 0.2) is 22.7 Å². The van der Waals surface area contributed by atoms with Crippen molar-refractivity contribution < 1.29 is 13.2 Å². The molecule has 2 atom stereocenters. The molecule has 108 valence electrons. The Bertz CT molecular complexity index is 418. The van der Waals surface area contributed by atoms with Crippen LogP contribution in [0, 0.1) is 5.92 Å². The van der Waals surface area contributed by atoms with Gasteiger partial charge in [-0.25, -0.2) is 0 Å². The van der Waals surface area contributed by atoms with E-state index in [1.54, 1.807) is 19.2 Å². The molecule has 1 rings (SSSR count). The van der Waals surface area contributed by atoms with Gasteiger partial charge in [0.2, 0.25) is 0 Å². The monoisotopic (exact) mass is 337 g/mol. The highest BCUT2D eigenvalue weighted by atomic mass is 79.9. The van der Waals surface area contributed by atoms with Crippen LogP contribution in [-0.4, -0.2) is 7.05 Å². The van der Waals surface area contributed by atoms with E-state index in [9.17, 15) is 13.2 Å². The quantitative estimate of drug-likeness (QED) is 0.781. The Morgan fingerprint density at radius 3 is 2.42 bits per heavy atom. The molecule has 0 fully saturated rings. The van der Waals surface area contributed by atoms with Crippen molar-refractivity contribution in [2.24, 2.45) is 5.92 Å². The summed E-state index contributed by atoms with van der Waals surface area (Å²) in [4.78, 5) is 0. The average Bonchev–Trinajstić information content (AvgIpc) is 2.34. The summed E-state index contributed by atoms with van der Waals surface area (Å²) in [5.74, 6) is 0.377. The van der Waals surface area contributed by atoms with Gasteiger partial charge in [-0.05, 0) is 37.1 Å². The van der Waals surface area contributed by atoms with Crippen LogP contribution < -0.4 is 5.32 Å². The Labute approximate surface area is 120 Å². The number of hydrogen-bond donors (Lipinski definition) is 1. The second-order valence-electron chi connectivity index (χ2n) is 4.82. The van der Waals surface area contributed by atoms with Crippen molar-refractivity contribution in [2.45, 2.75) is 38.9 Å². The molecule has 0 heterocycles. The molecular weight excluding hydrogens is 319 g/mol. The largest absolute Gasteiger partial charge is 0.416 e. The number of alkyl halides is 3. The van der Waals surface area contributed by atoms with Gasteiger partial charge in [-0.3, -0.25) is 0 Å². The van der Waals surface area contributed by atoms with Gasteiger partial charge in [0.25, 0.3) is 0 Å². The molecule has 0 saturated carbocycles. The fraction of sp³-hybridized carbons (Fsp3) is 0.571. The lowest BCUT2D eigenvalue weighted by Gasteiger charge is -2.24. The number of nitrogens with one attached hydrogen (secondary N) is 1. The van der Waals surface area contributed by atoms with E-state index in [0.29, 0.717) is 22.4 Å². The first-order valence-corrected chi connectivity index (χ1v) is 7.12. The van der Waals surface area contributed by atoms with Crippen LogP contribution in [0.25, 0.3) is 0 Å². The van der Waals surface area contributed by atoms with Crippen LogP contribution in [-0.2, 0) is 6.18 Å². The maximum Gasteiger partial charge on any atom is 0.416 e. The average molecular weight is 338 g/mol. The van der Waals surface area contributed by atoms with E-state index in [1.807, 2.05) is 6.92 Å². The van der Waals surface area contributed by atoms with E-state index in [-0.39, 0.29) is 6.04 Å². The van der Waals surface area contributed by atoms with E-state index < -0.39 is 11.7 Å². The van der Waals surface area contributed by atoms with Gasteiger partial charge in [-0.1, -0.05) is 42.3 Å². The summed E-state index contributed by atoms with van der Waals surface area (Å²) in [6, 6.07) is 4.08. The molecule has 0 spiro atoms. The first kappa shape index (κ1) is 16.5. The Balaban J connectivity index is 3.16. The third kappa shape index (κ3) is 4.49. The maximum atomic E-state index is 13.1. The van der Waals surface area contributed by atoms with Crippen LogP contribution in [0.5, 0.6) is 0 Å². The summed E-state index contributed by atoms with van der Waals surface area (Å²) in [5.41, 5.74) is -0.247. The number of hydrogen-bond acceptors (Lipinski definition) is 1. The van der Waals surface area contributed by atoms with E-state index in [0.717, 1.165) is 12.5 Å². The lowest BCUT2D eigenvalue weighted by atomic mass is 9.91. The molecule has 1 aromatic rings. The molecule has 19 heavy (non-hydrogen) atoms. The summed E-state index contributed by atoms with van der Waals surface area (Å²) >= 11 is 3.10. The van der Waals surface area contributed by atoms with Gasteiger partial charge in [0, 0.05) is 10.5 Å².